The summed E-state index contributed by atoms with van der Waals surface area (Å²) in [5.41, 5.74) is 4.62. The fraction of sp³-hybridized carbons (Fsp3) is 0.436. The molecular formula is C39H47F3. The van der Waals surface area contributed by atoms with Gasteiger partial charge in [0.1, 0.15) is 5.82 Å². The lowest BCUT2D eigenvalue weighted by Crippen LogP contribution is -2.06. The number of allylic oxidation sites excluding steroid dienone is 4. The third-order valence-electron chi connectivity index (χ3n) is 8.70. The van der Waals surface area contributed by atoms with Crippen LogP contribution in [0.15, 0.2) is 72.8 Å². The van der Waals surface area contributed by atoms with E-state index in [2.05, 4.69) is 19.9 Å². The van der Waals surface area contributed by atoms with Gasteiger partial charge in [-0.05, 0) is 71.9 Å². The summed E-state index contributed by atoms with van der Waals surface area (Å²) in [5, 5.41) is 0. The van der Waals surface area contributed by atoms with Crippen molar-refractivity contribution in [1.29, 1.82) is 0 Å². The molecule has 1 aliphatic rings. The van der Waals surface area contributed by atoms with E-state index in [1.165, 1.54) is 51.4 Å². The number of rotatable bonds is 15. The number of benzene rings is 3. The summed E-state index contributed by atoms with van der Waals surface area (Å²) < 4.78 is 44.9. The van der Waals surface area contributed by atoms with Gasteiger partial charge in [-0.2, -0.15) is 0 Å². The molecule has 0 radical (unpaired) electrons. The molecule has 1 unspecified atom stereocenters. The van der Waals surface area contributed by atoms with Gasteiger partial charge in [-0.15, -0.1) is 0 Å². The lowest BCUT2D eigenvalue weighted by atomic mass is 9.83. The van der Waals surface area contributed by atoms with Gasteiger partial charge in [-0.1, -0.05) is 138 Å². The quantitative estimate of drug-likeness (QED) is 0.125. The summed E-state index contributed by atoms with van der Waals surface area (Å²) in [5.74, 6) is -1.10. The van der Waals surface area contributed by atoms with Crippen LogP contribution >= 0.6 is 0 Å². The number of hydrogen-bond donors (Lipinski definition) is 0. The molecule has 0 spiro atoms. The van der Waals surface area contributed by atoms with Crippen molar-refractivity contribution >= 4 is 5.57 Å². The zero-order chi connectivity index (χ0) is 29.7. The molecule has 42 heavy (non-hydrogen) atoms. The Kier molecular flexibility index (Phi) is 12.5. The van der Waals surface area contributed by atoms with E-state index < -0.39 is 11.6 Å². The highest BCUT2D eigenvalue weighted by molar-refractivity contribution is 5.74. The van der Waals surface area contributed by atoms with Crippen LogP contribution in [0.5, 0.6) is 0 Å². The van der Waals surface area contributed by atoms with Crippen molar-refractivity contribution < 1.29 is 13.2 Å². The maximum Gasteiger partial charge on any atom is 0.166 e. The number of unbranched alkanes of at least 4 members (excludes halogenated alkanes) is 7. The van der Waals surface area contributed by atoms with Gasteiger partial charge in [0.05, 0.1) is 0 Å². The van der Waals surface area contributed by atoms with Crippen LogP contribution in [-0.2, 0) is 6.42 Å². The summed E-state index contributed by atoms with van der Waals surface area (Å²) >= 11 is 0. The first-order chi connectivity index (χ1) is 20.5. The van der Waals surface area contributed by atoms with Gasteiger partial charge in [-0.25, -0.2) is 13.2 Å². The molecule has 0 aliphatic heterocycles. The van der Waals surface area contributed by atoms with Gasteiger partial charge < -0.3 is 0 Å². The monoisotopic (exact) mass is 572 g/mol. The van der Waals surface area contributed by atoms with Crippen molar-refractivity contribution in [2.45, 2.75) is 104 Å². The second-order valence-electron chi connectivity index (χ2n) is 11.9. The minimum Gasteiger partial charge on any atom is -0.206 e. The molecule has 3 aromatic rings. The molecule has 0 bridgehead atoms. The summed E-state index contributed by atoms with van der Waals surface area (Å²) in [7, 11) is 0. The van der Waals surface area contributed by atoms with Crippen molar-refractivity contribution in [2.24, 2.45) is 5.92 Å². The van der Waals surface area contributed by atoms with Gasteiger partial charge in [0.2, 0.25) is 0 Å². The molecule has 0 saturated heterocycles. The van der Waals surface area contributed by atoms with Gasteiger partial charge in [0.25, 0.3) is 0 Å². The van der Waals surface area contributed by atoms with Gasteiger partial charge in [0.15, 0.2) is 11.6 Å². The Hall–Kier alpha value is -3.07. The second-order valence-corrected chi connectivity index (χ2v) is 11.9. The van der Waals surface area contributed by atoms with Crippen LogP contribution in [0.2, 0.25) is 0 Å². The molecule has 0 saturated carbocycles. The first-order valence-electron chi connectivity index (χ1n) is 16.2. The van der Waals surface area contributed by atoms with E-state index in [1.54, 1.807) is 30.3 Å². The zero-order valence-corrected chi connectivity index (χ0v) is 25.5. The van der Waals surface area contributed by atoms with E-state index in [1.807, 2.05) is 36.4 Å². The van der Waals surface area contributed by atoms with Crippen LogP contribution < -0.4 is 0 Å². The van der Waals surface area contributed by atoms with Crippen LogP contribution in [0.1, 0.15) is 108 Å². The van der Waals surface area contributed by atoms with Gasteiger partial charge in [0, 0.05) is 11.1 Å². The molecule has 1 atom stereocenters. The van der Waals surface area contributed by atoms with Gasteiger partial charge in [-0.3, -0.25) is 0 Å². The summed E-state index contributed by atoms with van der Waals surface area (Å²) in [4.78, 5) is 0. The molecule has 0 N–H and O–H groups in total. The van der Waals surface area contributed by atoms with E-state index in [-0.39, 0.29) is 11.4 Å². The molecule has 3 aromatic carbocycles. The van der Waals surface area contributed by atoms with Crippen LogP contribution in [0.3, 0.4) is 0 Å². The fourth-order valence-electron chi connectivity index (χ4n) is 6.05. The van der Waals surface area contributed by atoms with Crippen molar-refractivity contribution in [3.8, 4) is 22.3 Å². The maximum atomic E-state index is 15.3. The van der Waals surface area contributed by atoms with Gasteiger partial charge >= 0.3 is 0 Å². The molecule has 4 rings (SSSR count). The normalized spacial score (nSPS) is 15.4. The van der Waals surface area contributed by atoms with Crippen molar-refractivity contribution in [1.82, 2.24) is 0 Å². The fourth-order valence-corrected chi connectivity index (χ4v) is 6.05. The molecule has 0 nitrogen and oxygen atoms in total. The Morgan fingerprint density at radius 3 is 2.07 bits per heavy atom. The highest BCUT2D eigenvalue weighted by Gasteiger charge is 2.18. The average Bonchev–Trinajstić information content (AvgIpc) is 3.01. The summed E-state index contributed by atoms with van der Waals surface area (Å²) in [6.07, 6.45) is 22.3. The Morgan fingerprint density at radius 2 is 1.38 bits per heavy atom. The van der Waals surface area contributed by atoms with Crippen LogP contribution in [0.4, 0.5) is 13.2 Å². The Balaban J connectivity index is 1.35. The van der Waals surface area contributed by atoms with Crippen molar-refractivity contribution in [3.63, 3.8) is 0 Å². The smallest absolute Gasteiger partial charge is 0.166 e. The first-order valence-corrected chi connectivity index (χ1v) is 16.2. The number of halogens is 3. The molecule has 0 amide bonds. The first kappa shape index (κ1) is 31.9. The largest absolute Gasteiger partial charge is 0.206 e. The highest BCUT2D eigenvalue weighted by Crippen LogP contribution is 2.36. The predicted molar refractivity (Wildman–Crippen MR) is 173 cm³/mol. The average molecular weight is 573 g/mol. The lowest BCUT2D eigenvalue weighted by Gasteiger charge is -2.22. The van der Waals surface area contributed by atoms with Crippen LogP contribution in [0.25, 0.3) is 27.8 Å². The Morgan fingerprint density at radius 1 is 0.690 bits per heavy atom. The van der Waals surface area contributed by atoms with E-state index in [0.29, 0.717) is 23.1 Å². The lowest BCUT2D eigenvalue weighted by molar-refractivity contribution is 0.422. The standard InChI is InChI=1S/C39H47F3/c1-3-5-7-9-10-11-12-14-29-16-18-31(19-17-29)35-26-25-34(28-37(35)40)30-20-22-32(23-21-30)36-27-24-33(38(41)39(36)42)15-13-8-6-4-2/h8,13,18,20-29H,3-7,9-12,14-17,19H2,1-2H3/b13-8-. The van der Waals surface area contributed by atoms with Crippen molar-refractivity contribution in [3.05, 3.63) is 101 Å². The van der Waals surface area contributed by atoms with E-state index in [0.717, 1.165) is 54.7 Å². The summed E-state index contributed by atoms with van der Waals surface area (Å²) in [6.45, 7) is 4.34. The molecule has 1 aliphatic carbocycles. The Labute approximate surface area is 251 Å². The third-order valence-corrected chi connectivity index (χ3v) is 8.70. The van der Waals surface area contributed by atoms with Crippen molar-refractivity contribution in [2.75, 3.05) is 0 Å². The molecule has 0 heterocycles. The van der Waals surface area contributed by atoms with E-state index in [9.17, 15) is 8.78 Å². The third kappa shape index (κ3) is 8.72. The molecule has 0 fully saturated rings. The van der Waals surface area contributed by atoms with E-state index >= 15 is 4.39 Å². The second kappa shape index (κ2) is 16.5. The molecule has 3 heteroatoms. The Bertz CT molecular complexity index is 1330. The summed E-state index contributed by atoms with van der Waals surface area (Å²) in [6, 6.07) is 16.0. The van der Waals surface area contributed by atoms with Crippen LogP contribution in [-0.4, -0.2) is 0 Å². The van der Waals surface area contributed by atoms with E-state index in [4.69, 9.17) is 0 Å². The molecule has 0 aromatic heterocycles. The minimum atomic E-state index is -0.829. The topological polar surface area (TPSA) is 0 Å². The molecular weight excluding hydrogens is 525 g/mol. The zero-order valence-electron chi connectivity index (χ0n) is 25.5. The maximum absolute atomic E-state index is 15.3. The molecule has 224 valence electrons. The van der Waals surface area contributed by atoms with Crippen LogP contribution in [0, 0.1) is 23.4 Å². The predicted octanol–water partition coefficient (Wildman–Crippen LogP) is 12.7. The minimum absolute atomic E-state index is 0.204. The number of hydrogen-bond acceptors (Lipinski definition) is 0. The highest BCUT2D eigenvalue weighted by atomic mass is 19.2. The SMILES string of the molecule is CCC/C=C\Cc1ccc(-c2ccc(-c3ccc(C4=CCC(CCCCCCCCC)CC4)c(F)c3)cc2)c(F)c1F.